The van der Waals surface area contributed by atoms with Crippen molar-refractivity contribution in [1.82, 2.24) is 25.0 Å². The number of benzene rings is 1. The maximum atomic E-state index is 13.6. The predicted molar refractivity (Wildman–Crippen MR) is 117 cm³/mol. The molecule has 0 atom stereocenters. The largest absolute Gasteiger partial charge is 0.361 e. The number of aliphatic imine (C=N–C) groups is 1. The monoisotopic (exact) mass is 398 g/mol. The molecule has 0 spiro atoms. The minimum atomic E-state index is -0.215. The standard InChI is InChI=1S/C22H31FN6/c1-6-24-22(28(4)13-17-14-29(5)27-21(17)15(2)3)25-10-9-16-12-26-20-8-7-18(23)11-19(16)20/h7-8,11-12,14-15,26H,6,9-10,13H2,1-5H3,(H,24,25). The molecule has 0 bridgehead atoms. The van der Waals surface area contributed by atoms with Gasteiger partial charge in [-0.1, -0.05) is 13.8 Å². The summed E-state index contributed by atoms with van der Waals surface area (Å²) in [4.78, 5) is 10.1. The topological polar surface area (TPSA) is 61.2 Å². The van der Waals surface area contributed by atoms with E-state index in [2.05, 4.69) is 47.3 Å². The fourth-order valence-electron chi connectivity index (χ4n) is 3.60. The fraction of sp³-hybridized carbons (Fsp3) is 0.455. The van der Waals surface area contributed by atoms with Gasteiger partial charge in [-0.15, -0.1) is 0 Å². The summed E-state index contributed by atoms with van der Waals surface area (Å²) in [6.07, 6.45) is 4.77. The zero-order chi connectivity index (χ0) is 21.0. The van der Waals surface area contributed by atoms with Gasteiger partial charge in [0.2, 0.25) is 0 Å². The van der Waals surface area contributed by atoms with Gasteiger partial charge in [-0.05, 0) is 43.0 Å². The van der Waals surface area contributed by atoms with Crippen LogP contribution in [-0.2, 0) is 20.0 Å². The predicted octanol–water partition coefficient (Wildman–Crippen LogP) is 3.80. The number of halogens is 1. The third-order valence-electron chi connectivity index (χ3n) is 4.96. The highest BCUT2D eigenvalue weighted by Gasteiger charge is 2.15. The number of hydrogen-bond donors (Lipinski definition) is 2. The summed E-state index contributed by atoms with van der Waals surface area (Å²) in [5.41, 5.74) is 4.36. The second kappa shape index (κ2) is 9.11. The van der Waals surface area contributed by atoms with Crippen LogP contribution in [0.2, 0.25) is 0 Å². The molecule has 3 rings (SSSR count). The Labute approximate surface area is 171 Å². The van der Waals surface area contributed by atoms with E-state index in [-0.39, 0.29) is 5.82 Å². The normalized spacial score (nSPS) is 12.2. The van der Waals surface area contributed by atoms with Crippen LogP contribution in [0.5, 0.6) is 0 Å². The lowest BCUT2D eigenvalue weighted by atomic mass is 10.1. The number of guanidine groups is 1. The summed E-state index contributed by atoms with van der Waals surface area (Å²) in [5.74, 6) is 1.02. The Balaban J connectivity index is 1.71. The van der Waals surface area contributed by atoms with Gasteiger partial charge < -0.3 is 15.2 Å². The maximum Gasteiger partial charge on any atom is 0.193 e. The van der Waals surface area contributed by atoms with Crippen molar-refractivity contribution in [3.05, 3.63) is 53.2 Å². The quantitative estimate of drug-likeness (QED) is 0.470. The molecule has 156 valence electrons. The summed E-state index contributed by atoms with van der Waals surface area (Å²) >= 11 is 0. The first-order valence-corrected chi connectivity index (χ1v) is 10.2. The molecule has 0 aliphatic carbocycles. The van der Waals surface area contributed by atoms with E-state index < -0.39 is 0 Å². The summed E-state index contributed by atoms with van der Waals surface area (Å²) in [5, 5.41) is 8.89. The Hall–Kier alpha value is -2.83. The number of aromatic amines is 1. The van der Waals surface area contributed by atoms with Crippen LogP contribution in [0.3, 0.4) is 0 Å². The van der Waals surface area contributed by atoms with Crippen molar-refractivity contribution in [2.45, 2.75) is 39.7 Å². The van der Waals surface area contributed by atoms with Crippen molar-refractivity contribution in [1.29, 1.82) is 0 Å². The summed E-state index contributed by atoms with van der Waals surface area (Å²) in [6.45, 7) is 8.55. The van der Waals surface area contributed by atoms with Crippen molar-refractivity contribution in [2.24, 2.45) is 12.0 Å². The number of H-pyrrole nitrogens is 1. The molecule has 29 heavy (non-hydrogen) atoms. The Kier molecular flexibility index (Phi) is 6.56. The van der Waals surface area contributed by atoms with E-state index in [9.17, 15) is 4.39 Å². The molecule has 0 amide bonds. The minimum absolute atomic E-state index is 0.215. The Morgan fingerprint density at radius 2 is 2.14 bits per heavy atom. The van der Waals surface area contributed by atoms with E-state index in [1.165, 1.54) is 11.6 Å². The number of hydrogen-bond acceptors (Lipinski definition) is 2. The second-order valence-electron chi connectivity index (χ2n) is 7.71. The minimum Gasteiger partial charge on any atom is -0.361 e. The van der Waals surface area contributed by atoms with Gasteiger partial charge in [0.15, 0.2) is 5.96 Å². The molecule has 0 saturated carbocycles. The van der Waals surface area contributed by atoms with Crippen LogP contribution in [0.25, 0.3) is 10.9 Å². The van der Waals surface area contributed by atoms with E-state index >= 15 is 0 Å². The molecule has 6 nitrogen and oxygen atoms in total. The number of nitrogens with zero attached hydrogens (tertiary/aromatic N) is 4. The first-order valence-electron chi connectivity index (χ1n) is 10.2. The van der Waals surface area contributed by atoms with Crippen LogP contribution in [0.15, 0.2) is 35.6 Å². The maximum absolute atomic E-state index is 13.6. The summed E-state index contributed by atoms with van der Waals surface area (Å²) < 4.78 is 15.5. The smallest absolute Gasteiger partial charge is 0.193 e. The third kappa shape index (κ3) is 4.96. The fourth-order valence-corrected chi connectivity index (χ4v) is 3.60. The van der Waals surface area contributed by atoms with Crippen molar-refractivity contribution >= 4 is 16.9 Å². The number of fused-ring (bicyclic) bond motifs is 1. The molecular formula is C22H31FN6. The van der Waals surface area contributed by atoms with Crippen LogP contribution in [0.1, 0.15) is 43.5 Å². The SMILES string of the molecule is CCNC(=NCCc1c[nH]c2ccc(F)cc12)N(C)Cc1cn(C)nc1C(C)C. The van der Waals surface area contributed by atoms with Gasteiger partial charge in [0, 0.05) is 62.6 Å². The van der Waals surface area contributed by atoms with Crippen LogP contribution in [0, 0.1) is 5.82 Å². The lowest BCUT2D eigenvalue weighted by Gasteiger charge is -2.22. The van der Waals surface area contributed by atoms with E-state index in [4.69, 9.17) is 4.99 Å². The summed E-state index contributed by atoms with van der Waals surface area (Å²) in [7, 11) is 4.00. The molecule has 2 N–H and O–H groups in total. The number of aromatic nitrogens is 3. The lowest BCUT2D eigenvalue weighted by Crippen LogP contribution is -2.38. The van der Waals surface area contributed by atoms with Crippen LogP contribution < -0.4 is 5.32 Å². The van der Waals surface area contributed by atoms with Crippen LogP contribution in [0.4, 0.5) is 4.39 Å². The molecule has 0 saturated heterocycles. The molecule has 0 unspecified atom stereocenters. The lowest BCUT2D eigenvalue weighted by molar-refractivity contribution is 0.473. The molecule has 0 fully saturated rings. The van der Waals surface area contributed by atoms with Gasteiger partial charge in [0.05, 0.1) is 5.69 Å². The van der Waals surface area contributed by atoms with E-state index in [0.717, 1.165) is 47.6 Å². The third-order valence-corrected chi connectivity index (χ3v) is 4.96. The molecule has 1 aromatic carbocycles. The van der Waals surface area contributed by atoms with Crippen molar-refractivity contribution < 1.29 is 4.39 Å². The molecule has 2 aromatic heterocycles. The van der Waals surface area contributed by atoms with Gasteiger partial charge in [-0.25, -0.2) is 4.39 Å². The molecule has 0 aliphatic rings. The number of rotatable bonds is 7. The van der Waals surface area contributed by atoms with E-state index in [1.54, 1.807) is 12.1 Å². The highest BCUT2D eigenvalue weighted by atomic mass is 19.1. The van der Waals surface area contributed by atoms with Gasteiger partial charge in [0.25, 0.3) is 0 Å². The molecule has 2 heterocycles. The average Bonchev–Trinajstić information content (AvgIpc) is 3.24. The van der Waals surface area contributed by atoms with Gasteiger partial charge in [-0.3, -0.25) is 9.67 Å². The molecule has 7 heteroatoms. The van der Waals surface area contributed by atoms with Crippen molar-refractivity contribution in [2.75, 3.05) is 20.1 Å². The first kappa shape index (κ1) is 20.9. The zero-order valence-electron chi connectivity index (χ0n) is 18.0. The highest BCUT2D eigenvalue weighted by Crippen LogP contribution is 2.20. The highest BCUT2D eigenvalue weighted by molar-refractivity contribution is 5.83. The van der Waals surface area contributed by atoms with E-state index in [0.29, 0.717) is 12.5 Å². The number of aryl methyl sites for hydroxylation is 1. The van der Waals surface area contributed by atoms with Gasteiger partial charge in [0.1, 0.15) is 5.82 Å². The molecule has 0 radical (unpaired) electrons. The van der Waals surface area contributed by atoms with Crippen LogP contribution >= 0.6 is 0 Å². The van der Waals surface area contributed by atoms with Crippen LogP contribution in [-0.4, -0.2) is 45.8 Å². The second-order valence-corrected chi connectivity index (χ2v) is 7.71. The first-order chi connectivity index (χ1) is 13.9. The molecular weight excluding hydrogens is 367 g/mol. The van der Waals surface area contributed by atoms with Gasteiger partial charge in [-0.2, -0.15) is 5.10 Å². The Morgan fingerprint density at radius 3 is 2.86 bits per heavy atom. The Bertz CT molecular complexity index is 985. The number of nitrogens with one attached hydrogen (secondary N) is 2. The summed E-state index contributed by atoms with van der Waals surface area (Å²) in [6, 6.07) is 4.83. The van der Waals surface area contributed by atoms with Crippen molar-refractivity contribution in [3.8, 4) is 0 Å². The zero-order valence-corrected chi connectivity index (χ0v) is 18.0. The molecule has 3 aromatic rings. The Morgan fingerprint density at radius 1 is 1.34 bits per heavy atom. The van der Waals surface area contributed by atoms with E-state index in [1.807, 2.05) is 25.0 Å². The average molecular weight is 399 g/mol. The van der Waals surface area contributed by atoms with Gasteiger partial charge >= 0.3 is 0 Å². The molecule has 0 aliphatic heterocycles. The van der Waals surface area contributed by atoms with Crippen molar-refractivity contribution in [3.63, 3.8) is 0 Å².